The second-order valence-electron chi connectivity index (χ2n) is 1.70. The van der Waals surface area contributed by atoms with Gasteiger partial charge in [-0.15, -0.1) is 0 Å². The zero-order valence-corrected chi connectivity index (χ0v) is 26.5. The van der Waals surface area contributed by atoms with E-state index in [1.54, 1.807) is 0 Å². The number of rotatable bonds is 2. The molecular weight excluding hydrogens is 586 g/mol. The minimum atomic E-state index is -3.46. The van der Waals surface area contributed by atoms with Gasteiger partial charge in [-0.2, -0.15) is 7.11 Å². The van der Waals surface area contributed by atoms with Crippen LogP contribution in [0.3, 0.4) is 0 Å². The Labute approximate surface area is 295 Å². The van der Waals surface area contributed by atoms with Crippen LogP contribution in [0.15, 0.2) is 0 Å². The Bertz CT molecular complexity index is 283. The van der Waals surface area contributed by atoms with Crippen molar-refractivity contribution in [3.63, 3.8) is 0 Å². The van der Waals surface area contributed by atoms with Crippen LogP contribution < -0.4 is 30.6 Å². The molecule has 0 bridgehead atoms. The van der Waals surface area contributed by atoms with E-state index in [4.69, 9.17) is 65.3 Å². The predicted molar refractivity (Wildman–Crippen MR) is 116 cm³/mol. The fraction of sp³-hybridized carbons (Fsp3) is 0.667. The number of aliphatic hydroxyl groups excluding tert-OH is 3. The molecule has 0 aliphatic heterocycles. The topological polar surface area (TPSA) is 395 Å². The summed E-state index contributed by atoms with van der Waals surface area (Å²) in [5.74, 6) is 0. The fourth-order valence-corrected chi connectivity index (χ4v) is 0. The van der Waals surface area contributed by atoms with E-state index < -0.39 is 18.5 Å². The number of hydrogen-bond acceptors (Lipinski definition) is 19. The predicted octanol–water partition coefficient (Wildman–Crippen LogP) is -10.2. The normalized spacial score (nSPS) is 4.86. The summed E-state index contributed by atoms with van der Waals surface area (Å²) in [4.78, 5) is 36.9. The first kappa shape index (κ1) is 118. The van der Waals surface area contributed by atoms with Gasteiger partial charge in [0.15, 0.2) is 0 Å². The third kappa shape index (κ3) is 942. The monoisotopic (exact) mass is 614 g/mol. The first-order chi connectivity index (χ1) is 12.9. The molecule has 20 nitrogen and oxygen atoms in total. The Morgan fingerprint density at radius 2 is 0.865 bits per heavy atom. The summed E-state index contributed by atoms with van der Waals surface area (Å²) in [5, 5.41) is 87.7. The van der Waals surface area contributed by atoms with E-state index in [1.165, 1.54) is 0 Å². The van der Waals surface area contributed by atoms with Crippen molar-refractivity contribution in [1.82, 2.24) is 0 Å². The van der Waals surface area contributed by atoms with E-state index >= 15 is 0 Å². The van der Waals surface area contributed by atoms with Crippen LogP contribution in [-0.4, -0.2) is 219 Å². The van der Waals surface area contributed by atoms with Gasteiger partial charge >= 0.3 is 115 Å². The van der Waals surface area contributed by atoms with Crippen molar-refractivity contribution in [3.8, 4) is 0 Å². The molecule has 0 amide bonds. The summed E-state index contributed by atoms with van der Waals surface area (Å²) in [6.45, 7) is 1.24. The average molecular weight is 616 g/mol. The molecule has 37 heavy (non-hydrogen) atoms. The van der Waals surface area contributed by atoms with E-state index in [9.17, 15) is 10.2 Å². The maximum absolute atomic E-state index is 9.25. The Kier molecular flexibility index (Phi) is 474. The van der Waals surface area contributed by atoms with Gasteiger partial charge in [0.25, 0.3) is 6.16 Å². The van der Waals surface area contributed by atoms with E-state index in [0.29, 0.717) is 6.47 Å². The molecule has 0 saturated heterocycles. The van der Waals surface area contributed by atoms with Gasteiger partial charge in [-0.25, -0.2) is 5.26 Å². The largest absolute Gasteiger partial charge is 2.00 e. The molecule has 0 unspecified atom stereocenters. The van der Waals surface area contributed by atoms with Crippen LogP contribution in [0.25, 0.3) is 0 Å². The second kappa shape index (κ2) is 148. The molecule has 0 aliphatic rings. The van der Waals surface area contributed by atoms with Crippen molar-refractivity contribution in [2.45, 2.75) is 21.0 Å². The third-order valence-electron chi connectivity index (χ3n) is 0.462. The molecule has 0 aromatic rings. The van der Waals surface area contributed by atoms with Gasteiger partial charge in [-0.05, 0) is 12.6 Å². The zero-order valence-electron chi connectivity index (χ0n) is 19.5. The summed E-state index contributed by atoms with van der Waals surface area (Å²) < 4.78 is 6.94. The molecule has 7 N–H and O–H groups in total. The molecule has 0 aromatic carbocycles. The smallest absolute Gasteiger partial charge is 0.870 e. The van der Waals surface area contributed by atoms with Crippen molar-refractivity contribution in [2.24, 2.45) is 0 Å². The van der Waals surface area contributed by atoms with Gasteiger partial charge in [0, 0.05) is 34.6 Å². The number of hydrogen-bond donors (Lipinski definition) is 5. The van der Waals surface area contributed by atoms with Gasteiger partial charge < -0.3 is 95.6 Å². The van der Waals surface area contributed by atoms with Crippen LogP contribution >= 0.6 is 0 Å². The molecule has 0 aromatic heterocycles. The van der Waals surface area contributed by atoms with E-state index in [-0.39, 0.29) is 141 Å². The van der Waals surface area contributed by atoms with Gasteiger partial charge in [0.05, 0.1) is 0 Å². The van der Waals surface area contributed by atoms with Gasteiger partial charge in [0.1, 0.15) is 0 Å². The maximum atomic E-state index is 9.25. The number of carbonyl (C=O) groups excluding carboxylic acids is 3. The summed E-state index contributed by atoms with van der Waals surface area (Å²) in [5.41, 5.74) is 0. The van der Waals surface area contributed by atoms with Crippen LogP contribution in [0, 0.1) is 0 Å². The van der Waals surface area contributed by atoms with Crippen LogP contribution in [0.2, 0.25) is 0 Å². The van der Waals surface area contributed by atoms with Crippen LogP contribution in [-0.2, 0) is 24.0 Å². The van der Waals surface area contributed by atoms with Gasteiger partial charge in [0.2, 0.25) is 0 Å². The molecule has 0 radical (unpaired) electrons. The maximum Gasteiger partial charge on any atom is 2.00 e. The minimum absolute atomic E-state index is 0. The Morgan fingerprint density at radius 3 is 0.865 bits per heavy atom. The zero-order chi connectivity index (χ0) is 25.2. The Morgan fingerprint density at radius 1 is 0.784 bits per heavy atom. The number of carboxylic acid groups (broad SMARTS) is 3. The molecule has 0 atom stereocenters. The number of carbonyl (C=O) groups is 2. The molecule has 208 valence electrons. The molecular formula is C12H30Mg5O20. The van der Waals surface area contributed by atoms with Crippen molar-refractivity contribution >= 4 is 141 Å². The first-order valence-electron chi connectivity index (χ1n) is 5.20. The molecule has 0 spiro atoms. The fourth-order valence-electron chi connectivity index (χ4n) is 0. The Hall–Kier alpha value is 0.911. The van der Waals surface area contributed by atoms with Crippen molar-refractivity contribution in [2.75, 3.05) is 35.5 Å². The van der Waals surface area contributed by atoms with E-state index in [2.05, 4.69) is 14.4 Å². The molecule has 0 heterocycles. The van der Waals surface area contributed by atoms with Crippen molar-refractivity contribution in [1.29, 1.82) is 0 Å². The third-order valence-corrected chi connectivity index (χ3v) is 0.462. The van der Waals surface area contributed by atoms with Gasteiger partial charge in [-0.3, -0.25) is 0 Å². The van der Waals surface area contributed by atoms with Crippen molar-refractivity contribution < 1.29 is 101 Å². The van der Waals surface area contributed by atoms with E-state index in [1.807, 2.05) is 0 Å². The first-order valence-corrected chi connectivity index (χ1v) is 5.20. The summed E-state index contributed by atoms with van der Waals surface area (Å²) in [6.07, 6.45) is -7.29. The van der Waals surface area contributed by atoms with Crippen molar-refractivity contribution in [3.05, 3.63) is 0 Å². The summed E-state index contributed by atoms with van der Waals surface area (Å²) in [6, 6.07) is 0. The average Bonchev–Trinajstić information content (AvgIpc) is 2.67. The van der Waals surface area contributed by atoms with Crippen LogP contribution in [0.4, 0.5) is 9.59 Å². The molecule has 25 heteroatoms. The molecule has 0 fully saturated rings. The van der Waals surface area contributed by atoms with Crippen LogP contribution in [0.1, 0.15) is 14.9 Å². The standard InChI is InChI=1S/C2H4O4.C2H4O3.CHO3.CH2O3.CHO2.2CH4O.CH3O.2CH4.5Mg.2H2O/c1-6-2(3,4)5;1-5-2(3)4;2-1-4-3;2-1(3)4;2-1-3;3*1-2;;;;;;;;;/h3H,1H3;1H3,(H,3,4);3H;(H2,2,3,4);(H,2,3);2*2H,1H3;1H3;2*1H4;;;;;;2*1H2/q-2;;-1;;-1;;;-1;;;5*+2;;/p-5. The minimum Gasteiger partial charge on any atom is -0.870 e. The number of aliphatic hydroxyl groups is 3. The second-order valence-corrected chi connectivity index (χ2v) is 1.70. The van der Waals surface area contributed by atoms with Crippen LogP contribution in [0.5, 0.6) is 0 Å². The summed E-state index contributed by atoms with van der Waals surface area (Å²) >= 11 is 0. The Balaban J connectivity index is -0.00000000817. The quantitative estimate of drug-likeness (QED) is 0.0480. The molecule has 0 saturated carbocycles. The summed E-state index contributed by atoms with van der Waals surface area (Å²) in [7, 11) is 4.62. The molecule has 0 aliphatic carbocycles. The number of ether oxygens (including phenoxy) is 2. The van der Waals surface area contributed by atoms with Gasteiger partial charge in [-0.1, -0.05) is 21.3 Å². The van der Waals surface area contributed by atoms with E-state index in [0.717, 1.165) is 42.0 Å². The molecule has 0 rings (SSSR count). The number of methoxy groups -OCH3 is 2. The SMILES string of the molecule is C.C.CO.CO.COC(=O)[O-].COC([O-])([O-])O.C[O-].O=C([O-])[O-].O=[C-]O.O=[C-]OO.[Mg+2].[Mg+2].[Mg+2].[Mg+2].[Mg+2].[OH-].[OH-].